The number of aromatic nitrogens is 1. The Bertz CT molecular complexity index is 988. The molecule has 0 aliphatic heterocycles. The second-order valence-electron chi connectivity index (χ2n) is 5.63. The molecule has 0 saturated carbocycles. The lowest BCUT2D eigenvalue weighted by atomic mass is 10.1. The van der Waals surface area contributed by atoms with E-state index >= 15 is 0 Å². The molecule has 0 saturated heterocycles. The van der Waals surface area contributed by atoms with Crippen molar-refractivity contribution in [3.8, 4) is 45.6 Å². The summed E-state index contributed by atoms with van der Waals surface area (Å²) in [7, 11) is 5.93. The average molecular weight is 386 g/mol. The lowest BCUT2D eigenvalue weighted by molar-refractivity contribution is -0.385. The van der Waals surface area contributed by atoms with Crippen molar-refractivity contribution in [3.63, 3.8) is 0 Å². The summed E-state index contributed by atoms with van der Waals surface area (Å²) in [6.45, 7) is 0. The van der Waals surface area contributed by atoms with Crippen LogP contribution in [0.1, 0.15) is 0 Å². The first-order valence-electron chi connectivity index (χ1n) is 8.12. The maximum Gasteiger partial charge on any atom is 0.311 e. The Labute approximate surface area is 160 Å². The van der Waals surface area contributed by atoms with E-state index in [2.05, 4.69) is 5.16 Å². The number of ether oxygens (including phenoxy) is 4. The van der Waals surface area contributed by atoms with Crippen LogP contribution in [0, 0.1) is 10.1 Å². The van der Waals surface area contributed by atoms with Crippen LogP contribution in [0.15, 0.2) is 40.9 Å². The molecule has 3 rings (SSSR count). The average Bonchev–Trinajstić information content (AvgIpc) is 3.22. The molecule has 2 aromatic carbocycles. The van der Waals surface area contributed by atoms with Gasteiger partial charge in [0.05, 0.1) is 33.4 Å². The van der Waals surface area contributed by atoms with Gasteiger partial charge in [-0.05, 0) is 24.3 Å². The highest BCUT2D eigenvalue weighted by Crippen LogP contribution is 2.42. The van der Waals surface area contributed by atoms with Crippen molar-refractivity contribution in [2.75, 3.05) is 28.4 Å². The Balaban J connectivity index is 2.04. The minimum absolute atomic E-state index is 0.155. The molecule has 0 N–H and O–H groups in total. The van der Waals surface area contributed by atoms with Gasteiger partial charge in [-0.15, -0.1) is 0 Å². The monoisotopic (exact) mass is 386 g/mol. The molecule has 0 aliphatic carbocycles. The molecule has 1 aromatic heterocycles. The summed E-state index contributed by atoms with van der Waals surface area (Å²) in [5, 5.41) is 15.3. The Kier molecular flexibility index (Phi) is 5.35. The van der Waals surface area contributed by atoms with Gasteiger partial charge in [0, 0.05) is 23.3 Å². The van der Waals surface area contributed by atoms with Gasteiger partial charge in [0.2, 0.25) is 5.75 Å². The molecule has 0 aliphatic rings. The summed E-state index contributed by atoms with van der Waals surface area (Å²) in [6, 6.07) is 9.69. The third kappa shape index (κ3) is 3.41. The van der Waals surface area contributed by atoms with E-state index in [1.54, 1.807) is 24.3 Å². The van der Waals surface area contributed by atoms with Gasteiger partial charge in [-0.25, -0.2) is 0 Å². The topological polar surface area (TPSA) is 106 Å². The zero-order valence-corrected chi connectivity index (χ0v) is 15.7. The highest BCUT2D eigenvalue weighted by atomic mass is 16.6. The maximum atomic E-state index is 11.2. The number of hydrogen-bond donors (Lipinski definition) is 0. The Morgan fingerprint density at radius 3 is 2.04 bits per heavy atom. The lowest BCUT2D eigenvalue weighted by Gasteiger charge is -2.12. The smallest absolute Gasteiger partial charge is 0.311 e. The van der Waals surface area contributed by atoms with Crippen LogP contribution in [0.5, 0.6) is 23.0 Å². The van der Waals surface area contributed by atoms with Gasteiger partial charge in [-0.2, -0.15) is 0 Å². The normalized spacial score (nSPS) is 10.4. The molecular weight excluding hydrogens is 368 g/mol. The van der Waals surface area contributed by atoms with E-state index in [1.165, 1.54) is 40.6 Å². The third-order valence-corrected chi connectivity index (χ3v) is 4.13. The molecule has 9 nitrogen and oxygen atoms in total. The molecule has 0 atom stereocenters. The molecule has 0 unspecified atom stereocenters. The molecule has 0 fully saturated rings. The Morgan fingerprint density at radius 1 is 0.857 bits per heavy atom. The lowest BCUT2D eigenvalue weighted by Crippen LogP contribution is -1.95. The molecule has 0 amide bonds. The fraction of sp³-hybridized carbons (Fsp3) is 0.211. The van der Waals surface area contributed by atoms with Gasteiger partial charge < -0.3 is 23.5 Å². The molecule has 3 aromatic rings. The van der Waals surface area contributed by atoms with Crippen molar-refractivity contribution in [2.24, 2.45) is 0 Å². The summed E-state index contributed by atoms with van der Waals surface area (Å²) >= 11 is 0. The van der Waals surface area contributed by atoms with Gasteiger partial charge in [0.15, 0.2) is 23.0 Å². The maximum absolute atomic E-state index is 11.2. The summed E-state index contributed by atoms with van der Waals surface area (Å²) in [5.41, 5.74) is 1.46. The standard InChI is InChI=1S/C19H18N2O7/c1-24-15-6-5-11(7-14(15)21(22)23)13-10-16(28-20-13)12-8-17(25-2)19(27-4)18(9-12)26-3/h5-10H,1-4H3. The third-order valence-electron chi connectivity index (χ3n) is 4.13. The molecule has 0 radical (unpaired) electrons. The molecular formula is C19H18N2O7. The van der Waals surface area contributed by atoms with Crippen LogP contribution in [0.4, 0.5) is 5.69 Å². The quantitative estimate of drug-likeness (QED) is 0.444. The van der Waals surface area contributed by atoms with E-state index in [-0.39, 0.29) is 11.4 Å². The van der Waals surface area contributed by atoms with E-state index in [9.17, 15) is 10.1 Å². The summed E-state index contributed by atoms with van der Waals surface area (Å²) in [4.78, 5) is 10.7. The van der Waals surface area contributed by atoms with Crippen molar-refractivity contribution < 1.29 is 28.4 Å². The fourth-order valence-corrected chi connectivity index (χ4v) is 2.76. The van der Waals surface area contributed by atoms with Crippen molar-refractivity contribution in [3.05, 3.63) is 46.5 Å². The van der Waals surface area contributed by atoms with Crippen LogP contribution < -0.4 is 18.9 Å². The minimum atomic E-state index is -0.511. The molecule has 28 heavy (non-hydrogen) atoms. The first-order valence-corrected chi connectivity index (χ1v) is 8.12. The van der Waals surface area contributed by atoms with Gasteiger partial charge in [0.1, 0.15) is 5.69 Å². The molecule has 0 spiro atoms. The first kappa shape index (κ1) is 19.0. The van der Waals surface area contributed by atoms with Gasteiger partial charge in [0.25, 0.3) is 0 Å². The second-order valence-corrected chi connectivity index (χ2v) is 5.63. The van der Waals surface area contributed by atoms with Crippen LogP contribution in [0.3, 0.4) is 0 Å². The fourth-order valence-electron chi connectivity index (χ4n) is 2.76. The molecule has 0 bridgehead atoms. The predicted octanol–water partition coefficient (Wildman–Crippen LogP) is 3.95. The first-order chi connectivity index (χ1) is 13.5. The minimum Gasteiger partial charge on any atom is -0.493 e. The zero-order chi connectivity index (χ0) is 20.3. The SMILES string of the molecule is COc1ccc(-c2cc(-c3cc(OC)c(OC)c(OC)c3)on2)cc1[N+](=O)[O-]. The van der Waals surface area contributed by atoms with Gasteiger partial charge in [-0.1, -0.05) is 5.16 Å². The van der Waals surface area contributed by atoms with Crippen LogP contribution in [0.2, 0.25) is 0 Å². The van der Waals surface area contributed by atoms with Crippen LogP contribution in [-0.4, -0.2) is 38.5 Å². The summed E-state index contributed by atoms with van der Waals surface area (Å²) < 4.78 is 26.4. The number of hydrogen-bond acceptors (Lipinski definition) is 8. The van der Waals surface area contributed by atoms with Crippen LogP contribution >= 0.6 is 0 Å². The molecule has 146 valence electrons. The molecule has 1 heterocycles. The number of nitrogens with zero attached hydrogens (tertiary/aromatic N) is 2. The van der Waals surface area contributed by atoms with Crippen LogP contribution in [0.25, 0.3) is 22.6 Å². The van der Waals surface area contributed by atoms with Crippen LogP contribution in [-0.2, 0) is 0 Å². The summed E-state index contributed by atoms with van der Waals surface area (Å²) in [5.74, 6) is 2.00. The van der Waals surface area contributed by atoms with E-state index < -0.39 is 4.92 Å². The molecule has 9 heteroatoms. The van der Waals surface area contributed by atoms with Crippen molar-refractivity contribution in [2.45, 2.75) is 0 Å². The number of nitro benzene ring substituents is 1. The van der Waals surface area contributed by atoms with Crippen molar-refractivity contribution in [1.29, 1.82) is 0 Å². The zero-order valence-electron chi connectivity index (χ0n) is 15.7. The van der Waals surface area contributed by atoms with E-state index in [0.717, 1.165) is 0 Å². The summed E-state index contributed by atoms with van der Waals surface area (Å²) in [6.07, 6.45) is 0. The number of benzene rings is 2. The van der Waals surface area contributed by atoms with Crippen molar-refractivity contribution >= 4 is 5.69 Å². The second kappa shape index (κ2) is 7.87. The predicted molar refractivity (Wildman–Crippen MR) is 100 cm³/mol. The van der Waals surface area contributed by atoms with Crippen molar-refractivity contribution in [1.82, 2.24) is 5.16 Å². The highest BCUT2D eigenvalue weighted by molar-refractivity contribution is 5.73. The van der Waals surface area contributed by atoms with Gasteiger partial charge >= 0.3 is 5.69 Å². The Morgan fingerprint density at radius 2 is 1.50 bits per heavy atom. The van der Waals surface area contributed by atoms with Gasteiger partial charge in [-0.3, -0.25) is 10.1 Å². The van der Waals surface area contributed by atoms with E-state index in [0.29, 0.717) is 39.8 Å². The number of methoxy groups -OCH3 is 4. The Hall–Kier alpha value is -3.75. The highest BCUT2D eigenvalue weighted by Gasteiger charge is 2.20. The van der Waals surface area contributed by atoms with E-state index in [1.807, 2.05) is 0 Å². The number of rotatable bonds is 7. The number of nitro groups is 1. The van der Waals surface area contributed by atoms with E-state index in [4.69, 9.17) is 23.5 Å². The largest absolute Gasteiger partial charge is 0.493 e.